The monoisotopic (exact) mass is 330 g/mol. The normalized spacial score (nSPS) is 34.6. The van der Waals surface area contributed by atoms with Crippen molar-refractivity contribution in [2.45, 2.75) is 52.1 Å². The van der Waals surface area contributed by atoms with Gasteiger partial charge in [-0.05, 0) is 37.6 Å². The summed E-state index contributed by atoms with van der Waals surface area (Å²) in [6.45, 7) is 8.77. The second-order valence-electron chi connectivity index (χ2n) is 7.62. The molecule has 1 unspecified atom stereocenters. The third kappa shape index (κ3) is 3.44. The highest BCUT2D eigenvalue weighted by atomic mass is 35.5. The molecule has 0 aromatic heterocycles. The van der Waals surface area contributed by atoms with Crippen LogP contribution < -0.4 is 5.32 Å². The van der Waals surface area contributed by atoms with Gasteiger partial charge in [-0.15, -0.1) is 12.4 Å². The smallest absolute Gasteiger partial charge is 0.230 e. The van der Waals surface area contributed by atoms with Crippen LogP contribution in [0.3, 0.4) is 0 Å². The molecule has 2 aliphatic heterocycles. The summed E-state index contributed by atoms with van der Waals surface area (Å²) in [6.07, 6.45) is 6.07. The predicted octanol–water partition coefficient (Wildman–Crippen LogP) is 2.46. The standard InChI is InChI=1S/C17H30N2O2.ClH/c1-13(2)11-21-15-6-8-19(10-15)16(20)17-7-4-3-5-14(17)9-18-12-17;/h13-15,18H,3-12H2,1-2H3;1H/t14-,15?,17+;/m0./s1. The third-order valence-electron chi connectivity index (χ3n) is 5.56. The molecule has 2 heterocycles. The van der Waals surface area contributed by atoms with Crippen molar-refractivity contribution in [3.8, 4) is 0 Å². The second kappa shape index (κ2) is 7.50. The Bertz CT molecular complexity index is 391. The molecule has 1 N–H and O–H groups in total. The lowest BCUT2D eigenvalue weighted by Crippen LogP contribution is -2.49. The Labute approximate surface area is 140 Å². The van der Waals surface area contributed by atoms with E-state index < -0.39 is 0 Å². The summed E-state index contributed by atoms with van der Waals surface area (Å²) in [7, 11) is 0. The molecular formula is C17H31ClN2O2. The minimum Gasteiger partial charge on any atom is -0.376 e. The SMILES string of the molecule is CC(C)COC1CCN(C(=O)[C@@]23CCCC[C@H]2CNC3)C1.Cl. The van der Waals surface area contributed by atoms with E-state index in [2.05, 4.69) is 24.1 Å². The molecule has 1 aliphatic carbocycles. The van der Waals surface area contributed by atoms with Crippen LogP contribution in [0.4, 0.5) is 0 Å². The number of ether oxygens (including phenoxy) is 1. The fourth-order valence-electron chi connectivity index (χ4n) is 4.36. The number of amides is 1. The van der Waals surface area contributed by atoms with Gasteiger partial charge < -0.3 is 15.0 Å². The van der Waals surface area contributed by atoms with E-state index in [4.69, 9.17) is 4.74 Å². The first-order chi connectivity index (χ1) is 10.1. The molecule has 22 heavy (non-hydrogen) atoms. The summed E-state index contributed by atoms with van der Waals surface area (Å²) in [5, 5.41) is 3.48. The first kappa shape index (κ1) is 18.0. The third-order valence-corrected chi connectivity index (χ3v) is 5.56. The van der Waals surface area contributed by atoms with Crippen molar-refractivity contribution in [1.29, 1.82) is 0 Å². The van der Waals surface area contributed by atoms with Gasteiger partial charge in [-0.25, -0.2) is 0 Å². The zero-order valence-electron chi connectivity index (χ0n) is 14.0. The second-order valence-corrected chi connectivity index (χ2v) is 7.62. The van der Waals surface area contributed by atoms with Crippen LogP contribution in [0.25, 0.3) is 0 Å². The molecule has 3 fully saturated rings. The van der Waals surface area contributed by atoms with E-state index in [9.17, 15) is 4.79 Å². The van der Waals surface area contributed by atoms with Gasteiger partial charge in [-0.1, -0.05) is 26.7 Å². The van der Waals surface area contributed by atoms with Gasteiger partial charge in [0.1, 0.15) is 0 Å². The van der Waals surface area contributed by atoms with Gasteiger partial charge in [0, 0.05) is 26.2 Å². The molecule has 0 radical (unpaired) electrons. The van der Waals surface area contributed by atoms with Crippen molar-refractivity contribution in [2.75, 3.05) is 32.8 Å². The Hall–Kier alpha value is -0.320. The van der Waals surface area contributed by atoms with Gasteiger partial charge >= 0.3 is 0 Å². The van der Waals surface area contributed by atoms with Crippen molar-refractivity contribution >= 4 is 18.3 Å². The van der Waals surface area contributed by atoms with Crippen LogP contribution in [-0.2, 0) is 9.53 Å². The number of hydrogen-bond acceptors (Lipinski definition) is 3. The fraction of sp³-hybridized carbons (Fsp3) is 0.941. The Morgan fingerprint density at radius 3 is 2.95 bits per heavy atom. The van der Waals surface area contributed by atoms with Crippen LogP contribution in [-0.4, -0.2) is 49.7 Å². The molecule has 0 bridgehead atoms. The molecule has 2 saturated heterocycles. The minimum absolute atomic E-state index is 0. The molecule has 1 amide bonds. The first-order valence-corrected chi connectivity index (χ1v) is 8.73. The van der Waals surface area contributed by atoms with Crippen LogP contribution in [0, 0.1) is 17.3 Å². The summed E-state index contributed by atoms with van der Waals surface area (Å²) in [6, 6.07) is 0. The van der Waals surface area contributed by atoms with Crippen molar-refractivity contribution < 1.29 is 9.53 Å². The molecule has 3 rings (SSSR count). The van der Waals surface area contributed by atoms with E-state index in [1.54, 1.807) is 0 Å². The number of carbonyl (C=O) groups is 1. The zero-order valence-corrected chi connectivity index (χ0v) is 14.8. The van der Waals surface area contributed by atoms with Crippen LogP contribution in [0.2, 0.25) is 0 Å². The van der Waals surface area contributed by atoms with Crippen molar-refractivity contribution in [3.63, 3.8) is 0 Å². The lowest BCUT2D eigenvalue weighted by atomic mass is 9.67. The van der Waals surface area contributed by atoms with Gasteiger partial charge in [-0.3, -0.25) is 4.79 Å². The number of nitrogens with zero attached hydrogens (tertiary/aromatic N) is 1. The van der Waals surface area contributed by atoms with Gasteiger partial charge in [-0.2, -0.15) is 0 Å². The van der Waals surface area contributed by atoms with Crippen LogP contribution in [0.1, 0.15) is 46.0 Å². The number of rotatable bonds is 4. The molecule has 0 aromatic carbocycles. The highest BCUT2D eigenvalue weighted by Gasteiger charge is 2.52. The Morgan fingerprint density at radius 1 is 1.36 bits per heavy atom. The maximum absolute atomic E-state index is 13.1. The zero-order chi connectivity index (χ0) is 14.9. The molecule has 5 heteroatoms. The van der Waals surface area contributed by atoms with Crippen LogP contribution in [0.5, 0.6) is 0 Å². The van der Waals surface area contributed by atoms with Crippen molar-refractivity contribution in [1.82, 2.24) is 10.2 Å². The fourth-order valence-corrected chi connectivity index (χ4v) is 4.36. The molecule has 128 valence electrons. The Balaban J connectivity index is 0.00000176. The molecule has 4 nitrogen and oxygen atoms in total. The number of carbonyl (C=O) groups excluding carboxylic acids is 1. The largest absolute Gasteiger partial charge is 0.376 e. The van der Waals surface area contributed by atoms with E-state index in [0.29, 0.717) is 17.7 Å². The number of hydrogen-bond donors (Lipinski definition) is 1. The average Bonchev–Trinajstić information content (AvgIpc) is 3.11. The van der Waals surface area contributed by atoms with Gasteiger partial charge in [0.15, 0.2) is 0 Å². The number of fused-ring (bicyclic) bond motifs is 1. The first-order valence-electron chi connectivity index (χ1n) is 8.73. The van der Waals surface area contributed by atoms with E-state index in [1.165, 1.54) is 19.3 Å². The van der Waals surface area contributed by atoms with Gasteiger partial charge in [0.25, 0.3) is 0 Å². The van der Waals surface area contributed by atoms with Gasteiger partial charge in [0.05, 0.1) is 11.5 Å². The highest BCUT2D eigenvalue weighted by molar-refractivity contribution is 5.85. The molecular weight excluding hydrogens is 300 g/mol. The van der Waals surface area contributed by atoms with E-state index >= 15 is 0 Å². The summed E-state index contributed by atoms with van der Waals surface area (Å²) in [5.41, 5.74) is -0.0921. The van der Waals surface area contributed by atoms with E-state index in [0.717, 1.165) is 45.6 Å². The highest BCUT2D eigenvalue weighted by Crippen LogP contribution is 2.45. The van der Waals surface area contributed by atoms with Crippen LogP contribution in [0.15, 0.2) is 0 Å². The van der Waals surface area contributed by atoms with Gasteiger partial charge in [0.2, 0.25) is 5.91 Å². The Morgan fingerprint density at radius 2 is 2.18 bits per heavy atom. The molecule has 1 saturated carbocycles. The predicted molar refractivity (Wildman–Crippen MR) is 90.3 cm³/mol. The van der Waals surface area contributed by atoms with Crippen LogP contribution >= 0.6 is 12.4 Å². The molecule has 0 spiro atoms. The topological polar surface area (TPSA) is 41.6 Å². The molecule has 3 atom stereocenters. The summed E-state index contributed by atoms with van der Waals surface area (Å²) in [4.78, 5) is 15.2. The molecule has 3 aliphatic rings. The number of nitrogens with one attached hydrogen (secondary N) is 1. The maximum atomic E-state index is 13.1. The quantitative estimate of drug-likeness (QED) is 0.861. The number of likely N-dealkylation sites (tertiary alicyclic amines) is 1. The van der Waals surface area contributed by atoms with E-state index in [-0.39, 0.29) is 23.9 Å². The summed E-state index contributed by atoms with van der Waals surface area (Å²) < 4.78 is 5.93. The summed E-state index contributed by atoms with van der Waals surface area (Å²) in [5.74, 6) is 1.54. The minimum atomic E-state index is -0.0921. The lowest BCUT2D eigenvalue weighted by Gasteiger charge is -2.39. The average molecular weight is 331 g/mol. The summed E-state index contributed by atoms with van der Waals surface area (Å²) >= 11 is 0. The van der Waals surface area contributed by atoms with Crippen molar-refractivity contribution in [2.24, 2.45) is 17.3 Å². The molecule has 0 aromatic rings. The number of halogens is 1. The lowest BCUT2D eigenvalue weighted by molar-refractivity contribution is -0.144. The Kier molecular flexibility index (Phi) is 6.14. The maximum Gasteiger partial charge on any atom is 0.230 e. The van der Waals surface area contributed by atoms with Crippen molar-refractivity contribution in [3.05, 3.63) is 0 Å². The van der Waals surface area contributed by atoms with E-state index in [1.807, 2.05) is 0 Å².